The summed E-state index contributed by atoms with van der Waals surface area (Å²) < 4.78 is 11.5. The molecule has 1 aliphatic rings. The molecule has 0 aromatic heterocycles. The van der Waals surface area contributed by atoms with Gasteiger partial charge in [0.05, 0.1) is 19.8 Å². The topological polar surface area (TPSA) is 84.9 Å². The fraction of sp³-hybridized carbons (Fsp3) is 0.500. The minimum absolute atomic E-state index is 0.0670. The first kappa shape index (κ1) is 20.4. The zero-order valence-corrected chi connectivity index (χ0v) is 16.7. The second-order valence-electron chi connectivity index (χ2n) is 6.91. The maximum atomic E-state index is 12.5. The number of carbonyl (C=O) groups excluding carboxylic acids is 3. The van der Waals surface area contributed by atoms with Gasteiger partial charge in [-0.25, -0.2) is 4.79 Å². The van der Waals surface area contributed by atoms with Crippen molar-refractivity contribution in [2.75, 3.05) is 26.3 Å². The van der Waals surface area contributed by atoms with Crippen molar-refractivity contribution >= 4 is 33.7 Å². The number of nitrogens with one attached hydrogen (secondary N) is 1. The third-order valence-electron chi connectivity index (χ3n) is 3.65. The molecular formula is C18H23BrN2O5. The molecule has 0 saturated carbocycles. The van der Waals surface area contributed by atoms with Gasteiger partial charge in [-0.3, -0.25) is 14.5 Å². The van der Waals surface area contributed by atoms with E-state index in [1.165, 1.54) is 4.90 Å². The first-order chi connectivity index (χ1) is 12.2. The van der Waals surface area contributed by atoms with Gasteiger partial charge in [-0.15, -0.1) is 0 Å². The highest BCUT2D eigenvalue weighted by Crippen LogP contribution is 2.15. The highest BCUT2D eigenvalue weighted by molar-refractivity contribution is 9.10. The van der Waals surface area contributed by atoms with Crippen molar-refractivity contribution in [1.82, 2.24) is 10.2 Å². The van der Waals surface area contributed by atoms with Crippen molar-refractivity contribution < 1.29 is 23.9 Å². The molecule has 1 atom stereocenters. The number of carbonyl (C=O) groups is 3. The van der Waals surface area contributed by atoms with E-state index in [9.17, 15) is 14.4 Å². The van der Waals surface area contributed by atoms with E-state index < -0.39 is 23.6 Å². The van der Waals surface area contributed by atoms with Gasteiger partial charge < -0.3 is 14.8 Å². The lowest BCUT2D eigenvalue weighted by molar-refractivity contribution is -0.132. The van der Waals surface area contributed by atoms with Crippen molar-refractivity contribution in [3.63, 3.8) is 0 Å². The predicted molar refractivity (Wildman–Crippen MR) is 99.0 cm³/mol. The van der Waals surface area contributed by atoms with Crippen molar-refractivity contribution in [3.05, 3.63) is 34.3 Å². The van der Waals surface area contributed by atoms with E-state index >= 15 is 0 Å². The Morgan fingerprint density at radius 3 is 2.54 bits per heavy atom. The van der Waals surface area contributed by atoms with Crippen LogP contribution in [0.4, 0.5) is 4.79 Å². The lowest BCUT2D eigenvalue weighted by Crippen LogP contribution is -2.57. The van der Waals surface area contributed by atoms with E-state index in [0.717, 1.165) is 4.47 Å². The number of ether oxygens (including phenoxy) is 2. The van der Waals surface area contributed by atoms with Gasteiger partial charge in [-0.05, 0) is 32.9 Å². The zero-order chi connectivity index (χ0) is 19.3. The second-order valence-corrected chi connectivity index (χ2v) is 7.83. The van der Waals surface area contributed by atoms with Gasteiger partial charge in [-0.2, -0.15) is 0 Å². The van der Waals surface area contributed by atoms with E-state index in [-0.39, 0.29) is 25.5 Å². The number of halogens is 1. The third-order valence-corrected chi connectivity index (χ3v) is 4.18. The Labute approximate surface area is 161 Å². The fourth-order valence-electron chi connectivity index (χ4n) is 2.38. The highest BCUT2D eigenvalue weighted by atomic mass is 79.9. The molecular weight excluding hydrogens is 404 g/mol. The number of nitrogens with zero attached hydrogens (tertiary/aromatic N) is 1. The summed E-state index contributed by atoms with van der Waals surface area (Å²) in [5, 5.41) is 2.58. The smallest absolute Gasteiger partial charge is 0.411 e. The lowest BCUT2D eigenvalue weighted by Gasteiger charge is -2.35. The molecule has 1 aromatic rings. The molecule has 0 bridgehead atoms. The Balaban J connectivity index is 1.96. The van der Waals surface area contributed by atoms with E-state index in [1.807, 2.05) is 0 Å². The number of hydrogen-bond donors (Lipinski definition) is 1. The van der Waals surface area contributed by atoms with Crippen LogP contribution in [0.15, 0.2) is 28.7 Å². The molecule has 0 radical (unpaired) electrons. The van der Waals surface area contributed by atoms with Gasteiger partial charge in [0, 0.05) is 16.6 Å². The fourth-order valence-corrected chi connectivity index (χ4v) is 2.65. The summed E-state index contributed by atoms with van der Waals surface area (Å²) in [6, 6.07) is 6.05. The van der Waals surface area contributed by atoms with Gasteiger partial charge in [0.15, 0.2) is 5.78 Å². The number of amides is 2. The Hall–Kier alpha value is -1.93. The van der Waals surface area contributed by atoms with Gasteiger partial charge in [0.2, 0.25) is 5.91 Å². The SMILES string of the molecule is CC(C)(C)OC(=O)N1CCOC[C@H]1C(=O)NCC(=O)c1ccc(Br)cc1. The molecule has 2 rings (SSSR count). The summed E-state index contributed by atoms with van der Waals surface area (Å²) in [5.41, 5.74) is -0.161. The Morgan fingerprint density at radius 1 is 1.27 bits per heavy atom. The van der Waals surface area contributed by atoms with Crippen molar-refractivity contribution in [1.29, 1.82) is 0 Å². The van der Waals surface area contributed by atoms with Gasteiger partial charge in [0.1, 0.15) is 11.6 Å². The first-order valence-electron chi connectivity index (χ1n) is 8.31. The second kappa shape index (κ2) is 8.64. The van der Waals surface area contributed by atoms with Crippen LogP contribution in [-0.4, -0.2) is 60.6 Å². The Kier molecular flexibility index (Phi) is 6.77. The molecule has 0 unspecified atom stereocenters. The lowest BCUT2D eigenvalue weighted by atomic mass is 10.1. The molecule has 26 heavy (non-hydrogen) atoms. The molecule has 1 heterocycles. The van der Waals surface area contributed by atoms with Crippen molar-refractivity contribution in [3.8, 4) is 0 Å². The molecule has 1 saturated heterocycles. The predicted octanol–water partition coefficient (Wildman–Crippen LogP) is 2.38. The van der Waals surface area contributed by atoms with Crippen LogP contribution in [0.1, 0.15) is 31.1 Å². The van der Waals surface area contributed by atoms with Crippen LogP contribution in [0.5, 0.6) is 0 Å². The van der Waals surface area contributed by atoms with E-state index in [2.05, 4.69) is 21.2 Å². The third kappa shape index (κ3) is 5.81. The number of ketones is 1. The van der Waals surface area contributed by atoms with Gasteiger partial charge in [-0.1, -0.05) is 28.1 Å². The quantitative estimate of drug-likeness (QED) is 0.746. The molecule has 1 aromatic carbocycles. The molecule has 7 nitrogen and oxygen atoms in total. The zero-order valence-electron chi connectivity index (χ0n) is 15.1. The standard InChI is InChI=1S/C18H23BrN2O5/c1-18(2,3)26-17(24)21-8-9-25-11-14(21)16(23)20-10-15(22)12-4-6-13(19)7-5-12/h4-7,14H,8-11H2,1-3H3,(H,20,23)/t14-/m0/s1. The number of benzene rings is 1. The summed E-state index contributed by atoms with van der Waals surface area (Å²) in [6.45, 7) is 5.79. The van der Waals surface area contributed by atoms with E-state index in [4.69, 9.17) is 9.47 Å². The summed E-state index contributed by atoms with van der Waals surface area (Å²) >= 11 is 3.31. The molecule has 1 fully saturated rings. The summed E-state index contributed by atoms with van der Waals surface area (Å²) in [5.74, 6) is -0.660. The van der Waals surface area contributed by atoms with Crippen LogP contribution >= 0.6 is 15.9 Å². The molecule has 8 heteroatoms. The van der Waals surface area contributed by atoms with Gasteiger partial charge >= 0.3 is 6.09 Å². The van der Waals surface area contributed by atoms with E-state index in [1.54, 1.807) is 45.0 Å². The highest BCUT2D eigenvalue weighted by Gasteiger charge is 2.35. The average Bonchev–Trinajstić information content (AvgIpc) is 2.58. The molecule has 1 N–H and O–H groups in total. The minimum Gasteiger partial charge on any atom is -0.444 e. The van der Waals surface area contributed by atoms with Crippen molar-refractivity contribution in [2.24, 2.45) is 0 Å². The van der Waals surface area contributed by atoms with Crippen LogP contribution in [0.2, 0.25) is 0 Å². The van der Waals surface area contributed by atoms with Crippen LogP contribution in [-0.2, 0) is 14.3 Å². The maximum Gasteiger partial charge on any atom is 0.411 e. The molecule has 2 amide bonds. The molecule has 1 aliphatic heterocycles. The summed E-state index contributed by atoms with van der Waals surface area (Å²) in [4.78, 5) is 38.3. The number of hydrogen-bond acceptors (Lipinski definition) is 5. The normalized spacial score (nSPS) is 17.5. The molecule has 0 spiro atoms. The first-order valence-corrected chi connectivity index (χ1v) is 9.10. The summed E-state index contributed by atoms with van der Waals surface area (Å²) in [7, 11) is 0. The Bertz CT molecular complexity index is 669. The monoisotopic (exact) mass is 426 g/mol. The van der Waals surface area contributed by atoms with Crippen LogP contribution in [0.25, 0.3) is 0 Å². The summed E-state index contributed by atoms with van der Waals surface area (Å²) in [6.07, 6.45) is -0.569. The van der Waals surface area contributed by atoms with Crippen LogP contribution < -0.4 is 5.32 Å². The van der Waals surface area contributed by atoms with Crippen LogP contribution in [0.3, 0.4) is 0 Å². The van der Waals surface area contributed by atoms with Gasteiger partial charge in [0.25, 0.3) is 0 Å². The van der Waals surface area contributed by atoms with E-state index in [0.29, 0.717) is 12.2 Å². The molecule has 142 valence electrons. The molecule has 0 aliphatic carbocycles. The number of morpholine rings is 1. The maximum absolute atomic E-state index is 12.5. The largest absolute Gasteiger partial charge is 0.444 e. The average molecular weight is 427 g/mol. The van der Waals surface area contributed by atoms with Crippen LogP contribution in [0, 0.1) is 0 Å². The number of rotatable bonds is 4. The Morgan fingerprint density at radius 2 is 1.92 bits per heavy atom. The minimum atomic E-state index is -0.823. The number of Topliss-reactive ketones (excluding diaryl/α,β-unsaturated/α-hetero) is 1. The van der Waals surface area contributed by atoms with Crippen molar-refractivity contribution in [2.45, 2.75) is 32.4 Å².